The van der Waals surface area contributed by atoms with E-state index in [4.69, 9.17) is 0 Å². The summed E-state index contributed by atoms with van der Waals surface area (Å²) in [6.07, 6.45) is 9.53. The Morgan fingerprint density at radius 3 is 1.29 bits per heavy atom. The van der Waals surface area contributed by atoms with E-state index >= 15 is 0 Å². The van der Waals surface area contributed by atoms with Gasteiger partial charge in [0.05, 0.1) is 11.4 Å². The van der Waals surface area contributed by atoms with Crippen molar-refractivity contribution in [1.82, 2.24) is 0 Å². The van der Waals surface area contributed by atoms with Crippen molar-refractivity contribution in [1.29, 1.82) is 0 Å². The average Bonchev–Trinajstić information content (AvgIpc) is 2.23. The third kappa shape index (κ3) is 4.16. The number of rotatable bonds is 6. The zero-order chi connectivity index (χ0) is 10.8. The first-order valence-corrected chi connectivity index (χ1v) is 4.09. The molecule has 0 bridgehead atoms. The summed E-state index contributed by atoms with van der Waals surface area (Å²) < 4.78 is 0. The smallest absolute Gasteiger partial charge is 0.0879 e. The molecular weight excluding hydrogens is 172 g/mol. The van der Waals surface area contributed by atoms with Crippen molar-refractivity contribution < 1.29 is 0 Å². The van der Waals surface area contributed by atoms with Gasteiger partial charge in [-0.3, -0.25) is 9.98 Å². The van der Waals surface area contributed by atoms with Gasteiger partial charge in [-0.2, -0.15) is 0 Å². The van der Waals surface area contributed by atoms with Gasteiger partial charge in [0, 0.05) is 12.4 Å². The minimum absolute atomic E-state index is 0.651. The van der Waals surface area contributed by atoms with Gasteiger partial charge < -0.3 is 0 Å². The zero-order valence-electron chi connectivity index (χ0n) is 8.19. The summed E-state index contributed by atoms with van der Waals surface area (Å²) in [5, 5.41) is 0. The minimum atomic E-state index is 0.651. The lowest BCUT2D eigenvalue weighted by molar-refractivity contribution is 1.29. The van der Waals surface area contributed by atoms with E-state index in [-0.39, 0.29) is 0 Å². The average molecular weight is 186 g/mol. The number of hydrogen-bond acceptors (Lipinski definition) is 2. The van der Waals surface area contributed by atoms with Crippen molar-refractivity contribution in [2.24, 2.45) is 9.98 Å². The molecule has 0 N–H and O–H groups in total. The second kappa shape index (κ2) is 7.68. The monoisotopic (exact) mass is 186 g/mol. The normalized spacial score (nSPS) is 12.6. The molecule has 0 aliphatic heterocycles. The summed E-state index contributed by atoms with van der Waals surface area (Å²) >= 11 is 0. The third-order valence-electron chi connectivity index (χ3n) is 1.29. The molecular formula is C12H14N2. The number of aliphatic imine (C=N–C) groups is 2. The molecule has 0 saturated carbocycles. The lowest BCUT2D eigenvalue weighted by Gasteiger charge is -1.96. The Morgan fingerprint density at radius 1 is 0.714 bits per heavy atom. The molecule has 2 nitrogen and oxygen atoms in total. The van der Waals surface area contributed by atoms with Crippen molar-refractivity contribution in [2.45, 2.75) is 0 Å². The molecule has 0 unspecified atom stereocenters. The molecule has 0 aromatic heterocycles. The Hall–Kier alpha value is -1.96. The molecule has 72 valence electrons. The van der Waals surface area contributed by atoms with Crippen molar-refractivity contribution in [2.75, 3.05) is 0 Å². The standard InChI is InChI=1S/C12H14N2/c1-5-9-13-11(7-3)12(8-4)14-10-6-2/h5-10H,1-4H2/b12-11+,13-9-,14-10-. The highest BCUT2D eigenvalue weighted by molar-refractivity contribution is 5.73. The fourth-order valence-corrected chi connectivity index (χ4v) is 0.713. The van der Waals surface area contributed by atoms with Crippen LogP contribution in [0.1, 0.15) is 0 Å². The molecule has 0 heterocycles. The predicted octanol–water partition coefficient (Wildman–Crippen LogP) is 3.08. The number of allylic oxidation sites excluding steroid dienone is 4. The number of nitrogens with zero attached hydrogens (tertiary/aromatic N) is 2. The third-order valence-corrected chi connectivity index (χ3v) is 1.29. The maximum atomic E-state index is 4.08. The van der Waals surface area contributed by atoms with Crippen LogP contribution < -0.4 is 0 Å². The van der Waals surface area contributed by atoms with E-state index in [1.54, 1.807) is 36.7 Å². The summed E-state index contributed by atoms with van der Waals surface area (Å²) in [4.78, 5) is 8.17. The van der Waals surface area contributed by atoms with Crippen LogP contribution in [0.25, 0.3) is 0 Å². The van der Waals surface area contributed by atoms with Gasteiger partial charge in [0.15, 0.2) is 0 Å². The van der Waals surface area contributed by atoms with Gasteiger partial charge in [-0.25, -0.2) is 0 Å². The molecule has 0 aliphatic rings. The summed E-state index contributed by atoms with van der Waals surface area (Å²) in [5.41, 5.74) is 1.30. The van der Waals surface area contributed by atoms with Gasteiger partial charge >= 0.3 is 0 Å². The van der Waals surface area contributed by atoms with Gasteiger partial charge in [0.2, 0.25) is 0 Å². The maximum absolute atomic E-state index is 4.08. The summed E-state index contributed by atoms with van der Waals surface area (Å²) in [5.74, 6) is 0. The summed E-state index contributed by atoms with van der Waals surface area (Å²) in [7, 11) is 0. The van der Waals surface area contributed by atoms with Crippen LogP contribution in [0, 0.1) is 0 Å². The van der Waals surface area contributed by atoms with Crippen LogP contribution in [0.15, 0.2) is 72.0 Å². The zero-order valence-corrected chi connectivity index (χ0v) is 8.19. The fraction of sp³-hybridized carbons (Fsp3) is 0. The first-order chi connectivity index (χ1) is 6.79. The molecule has 14 heavy (non-hydrogen) atoms. The first kappa shape index (κ1) is 12.0. The largest absolute Gasteiger partial charge is 0.255 e. The molecule has 0 radical (unpaired) electrons. The Morgan fingerprint density at radius 2 is 1.07 bits per heavy atom. The lowest BCUT2D eigenvalue weighted by Crippen LogP contribution is -1.81. The van der Waals surface area contributed by atoms with Crippen LogP contribution >= 0.6 is 0 Å². The molecule has 0 amide bonds. The second-order valence-corrected chi connectivity index (χ2v) is 2.21. The quantitative estimate of drug-likeness (QED) is 0.450. The highest BCUT2D eigenvalue weighted by atomic mass is 14.8. The first-order valence-electron chi connectivity index (χ1n) is 4.09. The Labute approximate surface area is 85.1 Å². The van der Waals surface area contributed by atoms with Crippen molar-refractivity contribution in [3.8, 4) is 0 Å². The molecule has 0 aliphatic carbocycles. The molecule has 0 aromatic carbocycles. The van der Waals surface area contributed by atoms with Gasteiger partial charge in [-0.15, -0.1) is 0 Å². The molecule has 0 fully saturated rings. The van der Waals surface area contributed by atoms with E-state index in [1.807, 2.05) is 0 Å². The van der Waals surface area contributed by atoms with Gasteiger partial charge in [-0.1, -0.05) is 38.5 Å². The maximum Gasteiger partial charge on any atom is 0.0879 e. The summed E-state index contributed by atoms with van der Waals surface area (Å²) in [6, 6.07) is 0. The van der Waals surface area contributed by atoms with Crippen molar-refractivity contribution in [3.05, 3.63) is 62.0 Å². The van der Waals surface area contributed by atoms with E-state index in [0.717, 1.165) is 0 Å². The van der Waals surface area contributed by atoms with Crippen molar-refractivity contribution in [3.63, 3.8) is 0 Å². The highest BCUT2D eigenvalue weighted by Crippen LogP contribution is 2.09. The molecule has 2 heteroatoms. The highest BCUT2D eigenvalue weighted by Gasteiger charge is 1.93. The lowest BCUT2D eigenvalue weighted by atomic mass is 10.3. The SMILES string of the molecule is C=C\C=N/C(C=C)=C(C=C)/N=C\C=C. The molecule has 0 aromatic rings. The fourth-order valence-electron chi connectivity index (χ4n) is 0.713. The molecule has 0 saturated heterocycles. The van der Waals surface area contributed by atoms with E-state index in [2.05, 4.69) is 36.3 Å². The predicted molar refractivity (Wildman–Crippen MR) is 64.8 cm³/mol. The van der Waals surface area contributed by atoms with Crippen LogP contribution in [0.4, 0.5) is 0 Å². The van der Waals surface area contributed by atoms with Gasteiger partial charge in [0.1, 0.15) is 0 Å². The topological polar surface area (TPSA) is 24.7 Å². The van der Waals surface area contributed by atoms with Crippen molar-refractivity contribution >= 4 is 12.4 Å². The van der Waals surface area contributed by atoms with Gasteiger partial charge in [0.25, 0.3) is 0 Å². The van der Waals surface area contributed by atoms with Crippen LogP contribution in [-0.4, -0.2) is 12.4 Å². The Balaban J connectivity index is 5.09. The minimum Gasteiger partial charge on any atom is -0.255 e. The van der Waals surface area contributed by atoms with Crippen LogP contribution in [0.3, 0.4) is 0 Å². The van der Waals surface area contributed by atoms with Gasteiger partial charge in [-0.05, 0) is 12.2 Å². The van der Waals surface area contributed by atoms with E-state index < -0.39 is 0 Å². The molecule has 0 spiro atoms. The van der Waals surface area contributed by atoms with E-state index in [9.17, 15) is 0 Å². The van der Waals surface area contributed by atoms with E-state index in [1.165, 1.54) is 0 Å². The van der Waals surface area contributed by atoms with Crippen LogP contribution in [0.5, 0.6) is 0 Å². The Kier molecular flexibility index (Phi) is 6.60. The number of hydrogen-bond donors (Lipinski definition) is 0. The van der Waals surface area contributed by atoms with Crippen LogP contribution in [-0.2, 0) is 0 Å². The molecule has 0 atom stereocenters. The Bertz CT molecular complexity index is 285. The van der Waals surface area contributed by atoms with Crippen LogP contribution in [0.2, 0.25) is 0 Å². The second-order valence-electron chi connectivity index (χ2n) is 2.21. The van der Waals surface area contributed by atoms with E-state index in [0.29, 0.717) is 11.4 Å². The molecule has 0 rings (SSSR count). The summed E-state index contributed by atoms with van der Waals surface area (Å²) in [6.45, 7) is 14.3.